The molecule has 21 heavy (non-hydrogen) atoms. The molecule has 0 aromatic carbocycles. The van der Waals surface area contributed by atoms with Crippen molar-refractivity contribution in [3.63, 3.8) is 0 Å². The highest BCUT2D eigenvalue weighted by atomic mass is 35.5. The summed E-state index contributed by atoms with van der Waals surface area (Å²) in [7, 11) is 4.01. The number of hydrogen-bond donors (Lipinski definition) is 0. The highest BCUT2D eigenvalue weighted by Gasteiger charge is 2.19. The second kappa shape index (κ2) is 7.76. The third-order valence-corrected chi connectivity index (χ3v) is 4.35. The predicted octanol–water partition coefficient (Wildman–Crippen LogP) is 2.82. The number of carbonyl (C=O) groups excluding carboxylic acids is 1. The molecule has 4 nitrogen and oxygen atoms in total. The molecule has 1 saturated heterocycles. The minimum absolute atomic E-state index is 0.207. The minimum Gasteiger partial charge on any atom is -0.341 e. The topological polar surface area (TPSA) is 36.4 Å². The van der Waals surface area contributed by atoms with E-state index in [4.69, 9.17) is 11.6 Å². The van der Waals surface area contributed by atoms with Crippen LogP contribution in [0.5, 0.6) is 0 Å². The maximum atomic E-state index is 12.2. The summed E-state index contributed by atoms with van der Waals surface area (Å²) in [6.07, 6.45) is 5.86. The molecule has 0 N–H and O–H groups in total. The summed E-state index contributed by atoms with van der Waals surface area (Å²) in [5.41, 5.74) is 1.01. The number of pyridine rings is 1. The van der Waals surface area contributed by atoms with Crippen molar-refractivity contribution in [3.05, 3.63) is 29.0 Å². The molecular weight excluding hydrogens is 286 g/mol. The van der Waals surface area contributed by atoms with Gasteiger partial charge in [-0.25, -0.2) is 4.98 Å². The van der Waals surface area contributed by atoms with Crippen LogP contribution in [0.4, 0.5) is 0 Å². The molecular formula is C16H24ClN3O. The van der Waals surface area contributed by atoms with Crippen LogP contribution in [0.2, 0.25) is 5.15 Å². The van der Waals surface area contributed by atoms with Gasteiger partial charge < -0.3 is 9.80 Å². The number of carbonyl (C=O) groups is 1. The van der Waals surface area contributed by atoms with Crippen molar-refractivity contribution in [2.24, 2.45) is 5.92 Å². The van der Waals surface area contributed by atoms with Crippen LogP contribution in [0.25, 0.3) is 0 Å². The number of nitrogens with zero attached hydrogens (tertiary/aromatic N) is 3. The van der Waals surface area contributed by atoms with Crippen LogP contribution < -0.4 is 0 Å². The Morgan fingerprint density at radius 1 is 1.52 bits per heavy atom. The average Bonchev–Trinajstić information content (AvgIpc) is 2.47. The molecule has 0 radical (unpaired) electrons. The first-order valence-electron chi connectivity index (χ1n) is 7.57. The standard InChI is InChI=1S/C16H24ClN3O/c1-19-9-3-4-13(11-19)6-8-16(21)20(2)12-14-5-7-15(17)18-10-14/h5,7,10,13H,3-4,6,8-9,11-12H2,1-2H3/t13-/m1/s1. The lowest BCUT2D eigenvalue weighted by molar-refractivity contribution is -0.130. The molecule has 0 bridgehead atoms. The van der Waals surface area contributed by atoms with E-state index in [-0.39, 0.29) is 5.91 Å². The summed E-state index contributed by atoms with van der Waals surface area (Å²) < 4.78 is 0. The van der Waals surface area contributed by atoms with E-state index < -0.39 is 0 Å². The van der Waals surface area contributed by atoms with E-state index in [1.54, 1.807) is 17.2 Å². The molecule has 1 atom stereocenters. The number of rotatable bonds is 5. The quantitative estimate of drug-likeness (QED) is 0.785. The van der Waals surface area contributed by atoms with Gasteiger partial charge in [0.2, 0.25) is 5.91 Å². The fourth-order valence-corrected chi connectivity index (χ4v) is 3.00. The van der Waals surface area contributed by atoms with E-state index in [0.717, 1.165) is 18.5 Å². The lowest BCUT2D eigenvalue weighted by atomic mass is 9.93. The number of likely N-dealkylation sites (tertiary alicyclic amines) is 1. The fourth-order valence-electron chi connectivity index (χ4n) is 2.89. The number of piperidine rings is 1. The Morgan fingerprint density at radius 3 is 3.00 bits per heavy atom. The highest BCUT2D eigenvalue weighted by Crippen LogP contribution is 2.20. The van der Waals surface area contributed by atoms with E-state index in [1.807, 2.05) is 13.1 Å². The second-order valence-electron chi connectivity index (χ2n) is 6.05. The summed E-state index contributed by atoms with van der Waals surface area (Å²) in [4.78, 5) is 20.4. The Hall–Kier alpha value is -1.13. The first-order valence-corrected chi connectivity index (χ1v) is 7.95. The average molecular weight is 310 g/mol. The van der Waals surface area contributed by atoms with Crippen LogP contribution in [-0.2, 0) is 11.3 Å². The van der Waals surface area contributed by atoms with E-state index in [9.17, 15) is 4.79 Å². The van der Waals surface area contributed by atoms with Crippen LogP contribution in [-0.4, -0.2) is 47.9 Å². The van der Waals surface area contributed by atoms with Crippen molar-refractivity contribution < 1.29 is 4.79 Å². The summed E-state index contributed by atoms with van der Waals surface area (Å²) in [5.74, 6) is 0.872. The molecule has 0 unspecified atom stereocenters. The molecule has 1 aromatic rings. The van der Waals surface area contributed by atoms with Crippen LogP contribution in [0.15, 0.2) is 18.3 Å². The molecule has 0 aliphatic carbocycles. The van der Waals surface area contributed by atoms with Gasteiger partial charge in [-0.3, -0.25) is 4.79 Å². The lowest BCUT2D eigenvalue weighted by Gasteiger charge is -2.29. The molecule has 1 aromatic heterocycles. The smallest absolute Gasteiger partial charge is 0.222 e. The molecule has 0 saturated carbocycles. The van der Waals surface area contributed by atoms with Gasteiger partial charge in [0, 0.05) is 32.8 Å². The maximum Gasteiger partial charge on any atom is 0.222 e. The molecule has 2 rings (SSSR count). The van der Waals surface area contributed by atoms with Gasteiger partial charge in [-0.15, -0.1) is 0 Å². The van der Waals surface area contributed by atoms with E-state index in [0.29, 0.717) is 24.0 Å². The first-order chi connectivity index (χ1) is 10.0. The van der Waals surface area contributed by atoms with Gasteiger partial charge in [-0.05, 0) is 50.4 Å². The minimum atomic E-state index is 0.207. The van der Waals surface area contributed by atoms with Gasteiger partial charge in [0.15, 0.2) is 0 Å². The Bertz CT molecular complexity index is 463. The van der Waals surface area contributed by atoms with Gasteiger partial charge in [-0.1, -0.05) is 17.7 Å². The van der Waals surface area contributed by atoms with Crippen molar-refractivity contribution in [1.29, 1.82) is 0 Å². The zero-order valence-corrected chi connectivity index (χ0v) is 13.6. The van der Waals surface area contributed by atoms with Gasteiger partial charge in [0.25, 0.3) is 0 Å². The number of hydrogen-bond acceptors (Lipinski definition) is 3. The highest BCUT2D eigenvalue weighted by molar-refractivity contribution is 6.29. The largest absolute Gasteiger partial charge is 0.341 e. The van der Waals surface area contributed by atoms with Crippen molar-refractivity contribution in [3.8, 4) is 0 Å². The van der Waals surface area contributed by atoms with E-state index in [1.165, 1.54) is 19.4 Å². The predicted molar refractivity (Wildman–Crippen MR) is 85.2 cm³/mol. The zero-order valence-electron chi connectivity index (χ0n) is 12.9. The van der Waals surface area contributed by atoms with Gasteiger partial charge in [0.05, 0.1) is 0 Å². The zero-order chi connectivity index (χ0) is 15.2. The Balaban J connectivity index is 1.75. The molecule has 116 valence electrons. The first kappa shape index (κ1) is 16.2. The summed E-state index contributed by atoms with van der Waals surface area (Å²) in [6, 6.07) is 3.67. The Labute approximate surface area is 132 Å². The van der Waals surface area contributed by atoms with Crippen molar-refractivity contribution in [2.75, 3.05) is 27.2 Å². The molecule has 0 spiro atoms. The summed E-state index contributed by atoms with van der Waals surface area (Å²) >= 11 is 5.76. The molecule has 1 aliphatic rings. The van der Waals surface area contributed by atoms with Crippen LogP contribution in [0.3, 0.4) is 0 Å². The molecule has 2 heterocycles. The Morgan fingerprint density at radius 2 is 2.33 bits per heavy atom. The van der Waals surface area contributed by atoms with E-state index in [2.05, 4.69) is 16.9 Å². The van der Waals surface area contributed by atoms with Gasteiger partial charge in [0.1, 0.15) is 5.15 Å². The van der Waals surface area contributed by atoms with Crippen molar-refractivity contribution in [1.82, 2.24) is 14.8 Å². The fraction of sp³-hybridized carbons (Fsp3) is 0.625. The molecule has 5 heteroatoms. The van der Waals surface area contributed by atoms with Crippen LogP contribution >= 0.6 is 11.6 Å². The van der Waals surface area contributed by atoms with E-state index >= 15 is 0 Å². The van der Waals surface area contributed by atoms with Crippen molar-refractivity contribution in [2.45, 2.75) is 32.2 Å². The maximum absolute atomic E-state index is 12.2. The molecule has 1 aliphatic heterocycles. The third-order valence-electron chi connectivity index (χ3n) is 4.12. The summed E-state index contributed by atoms with van der Waals surface area (Å²) in [5, 5.41) is 0.481. The molecule has 1 fully saturated rings. The Kier molecular flexibility index (Phi) is 6.00. The number of aromatic nitrogens is 1. The van der Waals surface area contributed by atoms with Crippen molar-refractivity contribution >= 4 is 17.5 Å². The number of halogens is 1. The lowest BCUT2D eigenvalue weighted by Crippen LogP contribution is -2.33. The SMILES string of the molecule is CN1CCC[C@H](CCC(=O)N(C)Cc2ccc(Cl)nc2)C1. The number of amides is 1. The summed E-state index contributed by atoms with van der Waals surface area (Å²) in [6.45, 7) is 2.90. The van der Waals surface area contributed by atoms with Gasteiger partial charge in [-0.2, -0.15) is 0 Å². The van der Waals surface area contributed by atoms with Crippen LogP contribution in [0, 0.1) is 5.92 Å². The normalized spacial score (nSPS) is 19.5. The van der Waals surface area contributed by atoms with Crippen LogP contribution in [0.1, 0.15) is 31.2 Å². The van der Waals surface area contributed by atoms with Gasteiger partial charge >= 0.3 is 0 Å². The second-order valence-corrected chi connectivity index (χ2v) is 6.44. The molecule has 1 amide bonds. The monoisotopic (exact) mass is 309 g/mol. The third kappa shape index (κ3) is 5.29.